The Labute approximate surface area is 169 Å². The van der Waals surface area contributed by atoms with Gasteiger partial charge in [-0.25, -0.2) is 0 Å². The average Bonchev–Trinajstić information content (AvgIpc) is 3.55. The number of pyridine rings is 1. The summed E-state index contributed by atoms with van der Waals surface area (Å²) >= 11 is 0. The molecule has 148 valence electrons. The molecule has 1 aromatic carbocycles. The highest BCUT2D eigenvalue weighted by molar-refractivity contribution is 5.83. The molecule has 3 aromatic rings. The zero-order chi connectivity index (χ0) is 19.6. The van der Waals surface area contributed by atoms with Gasteiger partial charge in [0.05, 0.1) is 6.04 Å². The second-order valence-electron chi connectivity index (χ2n) is 7.64. The zero-order valence-electron chi connectivity index (χ0n) is 16.1. The quantitative estimate of drug-likeness (QED) is 0.737. The Hall–Kier alpha value is -3.06. The molecular weight excluding hydrogens is 366 g/mol. The van der Waals surface area contributed by atoms with Gasteiger partial charge in [0.15, 0.2) is 0 Å². The Morgan fingerprint density at radius 3 is 2.72 bits per heavy atom. The van der Waals surface area contributed by atoms with Gasteiger partial charge in [0.1, 0.15) is 6.04 Å². The number of nitrogens with zero attached hydrogens (tertiary/aromatic N) is 4. The predicted molar refractivity (Wildman–Crippen MR) is 107 cm³/mol. The first-order valence-electron chi connectivity index (χ1n) is 10.1. The van der Waals surface area contributed by atoms with Gasteiger partial charge in [-0.1, -0.05) is 35.5 Å². The molecule has 7 heteroatoms. The summed E-state index contributed by atoms with van der Waals surface area (Å²) in [6.07, 6.45) is 6.99. The van der Waals surface area contributed by atoms with Crippen LogP contribution in [0.5, 0.6) is 0 Å². The van der Waals surface area contributed by atoms with Gasteiger partial charge in [-0.05, 0) is 43.4 Å². The van der Waals surface area contributed by atoms with Crippen molar-refractivity contribution in [2.75, 3.05) is 6.54 Å². The van der Waals surface area contributed by atoms with Crippen LogP contribution >= 0.6 is 0 Å². The van der Waals surface area contributed by atoms with Crippen LogP contribution in [0.1, 0.15) is 49.2 Å². The molecule has 0 aliphatic carbocycles. The van der Waals surface area contributed by atoms with Crippen LogP contribution in [0, 0.1) is 0 Å². The van der Waals surface area contributed by atoms with Crippen LogP contribution in [0.3, 0.4) is 0 Å². The molecule has 1 amide bonds. The number of carbonyl (C=O) groups excluding carboxylic acids is 1. The molecule has 2 fully saturated rings. The number of amides is 1. The third kappa shape index (κ3) is 3.53. The van der Waals surface area contributed by atoms with E-state index in [1.54, 1.807) is 12.4 Å². The van der Waals surface area contributed by atoms with Gasteiger partial charge in [-0.15, -0.1) is 0 Å². The maximum absolute atomic E-state index is 13.3. The van der Waals surface area contributed by atoms with E-state index in [2.05, 4.69) is 32.6 Å². The van der Waals surface area contributed by atoms with E-state index in [0.717, 1.165) is 37.8 Å². The molecule has 5 rings (SSSR count). The molecule has 29 heavy (non-hydrogen) atoms. The van der Waals surface area contributed by atoms with Crippen LogP contribution in [-0.4, -0.2) is 38.5 Å². The van der Waals surface area contributed by atoms with Crippen molar-refractivity contribution in [3.63, 3.8) is 0 Å². The first-order chi connectivity index (χ1) is 14.3. The normalized spacial score (nSPS) is 24.1. The summed E-state index contributed by atoms with van der Waals surface area (Å²) in [6.45, 7) is 0.727. The average molecular weight is 389 g/mol. The topological polar surface area (TPSA) is 84.2 Å². The molecule has 2 aliphatic rings. The van der Waals surface area contributed by atoms with E-state index in [1.165, 1.54) is 5.56 Å². The van der Waals surface area contributed by atoms with Crippen molar-refractivity contribution in [2.24, 2.45) is 0 Å². The highest BCUT2D eigenvalue weighted by Crippen LogP contribution is 2.35. The number of nitrogens with one attached hydrogen (secondary N) is 1. The molecule has 7 nitrogen and oxygen atoms in total. The first kappa shape index (κ1) is 18.0. The number of likely N-dealkylation sites (tertiary alicyclic amines) is 1. The summed E-state index contributed by atoms with van der Waals surface area (Å²) in [5.74, 6) is 1.18. The van der Waals surface area contributed by atoms with Crippen LogP contribution in [0.25, 0.3) is 11.4 Å². The second-order valence-corrected chi connectivity index (χ2v) is 7.64. The van der Waals surface area contributed by atoms with Gasteiger partial charge in [0.25, 0.3) is 0 Å². The lowest BCUT2D eigenvalue weighted by Gasteiger charge is -2.25. The van der Waals surface area contributed by atoms with E-state index >= 15 is 0 Å². The lowest BCUT2D eigenvalue weighted by molar-refractivity contribution is -0.134. The van der Waals surface area contributed by atoms with Crippen LogP contribution in [0.4, 0.5) is 0 Å². The highest BCUT2D eigenvalue weighted by atomic mass is 16.5. The highest BCUT2D eigenvalue weighted by Gasteiger charge is 2.39. The van der Waals surface area contributed by atoms with Gasteiger partial charge >= 0.3 is 0 Å². The Balaban J connectivity index is 1.30. The molecule has 0 unspecified atom stereocenters. The minimum absolute atomic E-state index is 0.134. The van der Waals surface area contributed by atoms with E-state index in [-0.39, 0.29) is 24.0 Å². The summed E-state index contributed by atoms with van der Waals surface area (Å²) in [7, 11) is 0. The monoisotopic (exact) mass is 389 g/mol. The van der Waals surface area contributed by atoms with E-state index in [9.17, 15) is 4.79 Å². The largest absolute Gasteiger partial charge is 0.337 e. The fraction of sp³-hybridized carbons (Fsp3) is 0.364. The predicted octanol–water partition coefficient (Wildman–Crippen LogP) is 3.29. The van der Waals surface area contributed by atoms with Crippen LogP contribution in [0.15, 0.2) is 59.4 Å². The Morgan fingerprint density at radius 2 is 1.90 bits per heavy atom. The van der Waals surface area contributed by atoms with E-state index in [4.69, 9.17) is 4.52 Å². The first-order valence-corrected chi connectivity index (χ1v) is 10.1. The van der Waals surface area contributed by atoms with Crippen molar-refractivity contribution in [1.82, 2.24) is 25.3 Å². The van der Waals surface area contributed by atoms with Crippen molar-refractivity contribution in [3.8, 4) is 11.4 Å². The van der Waals surface area contributed by atoms with Gasteiger partial charge in [0.2, 0.25) is 17.6 Å². The number of carbonyl (C=O) groups is 1. The van der Waals surface area contributed by atoms with E-state index in [0.29, 0.717) is 11.7 Å². The fourth-order valence-electron chi connectivity index (χ4n) is 4.36. The molecule has 2 saturated heterocycles. The Bertz CT molecular complexity index is 975. The van der Waals surface area contributed by atoms with Crippen LogP contribution in [0.2, 0.25) is 0 Å². The third-order valence-electron chi connectivity index (χ3n) is 5.85. The molecule has 0 bridgehead atoms. The van der Waals surface area contributed by atoms with Crippen molar-refractivity contribution in [3.05, 3.63) is 66.3 Å². The van der Waals surface area contributed by atoms with Crippen molar-refractivity contribution < 1.29 is 9.32 Å². The number of hydrogen-bond donors (Lipinski definition) is 1. The summed E-state index contributed by atoms with van der Waals surface area (Å²) < 4.78 is 5.54. The lowest BCUT2D eigenvalue weighted by Crippen LogP contribution is -2.43. The smallest absolute Gasteiger partial charge is 0.249 e. The molecule has 2 aromatic heterocycles. The van der Waals surface area contributed by atoms with Gasteiger partial charge < -0.3 is 9.42 Å². The molecule has 0 spiro atoms. The number of aromatic nitrogens is 3. The van der Waals surface area contributed by atoms with Crippen molar-refractivity contribution >= 4 is 5.91 Å². The maximum atomic E-state index is 13.3. The Kier molecular flexibility index (Phi) is 4.81. The minimum Gasteiger partial charge on any atom is -0.337 e. The SMILES string of the molecule is O=C([C@H]1CC[C@H](c2ccccc2)N1)N1CCC[C@H]1c1nc(-c2ccncc2)no1. The number of hydrogen-bond acceptors (Lipinski definition) is 6. The van der Waals surface area contributed by atoms with Crippen LogP contribution in [-0.2, 0) is 4.79 Å². The minimum atomic E-state index is -0.164. The van der Waals surface area contributed by atoms with Crippen molar-refractivity contribution in [2.45, 2.75) is 43.8 Å². The number of benzene rings is 1. The summed E-state index contributed by atoms with van der Waals surface area (Å²) in [4.78, 5) is 23.7. The molecule has 0 saturated carbocycles. The molecule has 4 heterocycles. The molecule has 1 N–H and O–H groups in total. The van der Waals surface area contributed by atoms with Gasteiger partial charge in [0, 0.05) is 30.5 Å². The van der Waals surface area contributed by atoms with Crippen LogP contribution < -0.4 is 5.32 Å². The van der Waals surface area contributed by atoms with Gasteiger partial charge in [-0.3, -0.25) is 15.1 Å². The summed E-state index contributed by atoms with van der Waals surface area (Å²) in [6, 6.07) is 13.9. The third-order valence-corrected chi connectivity index (χ3v) is 5.85. The van der Waals surface area contributed by atoms with E-state index in [1.807, 2.05) is 35.2 Å². The van der Waals surface area contributed by atoms with Crippen molar-refractivity contribution in [1.29, 1.82) is 0 Å². The van der Waals surface area contributed by atoms with Gasteiger partial charge in [-0.2, -0.15) is 4.98 Å². The summed E-state index contributed by atoms with van der Waals surface area (Å²) in [5.41, 5.74) is 2.09. The molecule has 0 radical (unpaired) electrons. The molecule has 3 atom stereocenters. The second kappa shape index (κ2) is 7.75. The number of rotatable bonds is 4. The molecule has 2 aliphatic heterocycles. The molecular formula is C22H23N5O2. The zero-order valence-corrected chi connectivity index (χ0v) is 16.1. The fourth-order valence-corrected chi connectivity index (χ4v) is 4.36. The summed E-state index contributed by atoms with van der Waals surface area (Å²) in [5, 5.41) is 7.63. The maximum Gasteiger partial charge on any atom is 0.249 e. The Morgan fingerprint density at radius 1 is 1.07 bits per heavy atom. The van der Waals surface area contributed by atoms with E-state index < -0.39 is 0 Å². The standard InChI is InChI=1S/C22H23N5O2/c28-22(18-9-8-17(24-18)15-5-2-1-3-6-15)27-14-4-7-19(27)21-25-20(26-29-21)16-10-12-23-13-11-16/h1-3,5-6,10-13,17-19,24H,4,7-9,14H2/t17-,18-,19+/m1/s1. The lowest BCUT2D eigenvalue weighted by atomic mass is 10.1.